The fraction of sp³-hybridized carbons (Fsp3) is 0.364. The third kappa shape index (κ3) is 5.40. The molecular weight excluding hydrogens is 370 g/mol. The van der Waals surface area contributed by atoms with E-state index in [4.69, 9.17) is 9.47 Å². The Kier molecular flexibility index (Phi) is 6.94. The van der Waals surface area contributed by atoms with Crippen molar-refractivity contribution in [1.82, 2.24) is 10.2 Å². The molecule has 0 spiro atoms. The predicted octanol–water partition coefficient (Wildman–Crippen LogP) is 2.69. The maximum absolute atomic E-state index is 12.6. The molecule has 1 N–H and O–H groups in total. The van der Waals surface area contributed by atoms with Gasteiger partial charge in [0.15, 0.2) is 0 Å². The number of anilines is 1. The Hall–Kier alpha value is -3.22. The fourth-order valence-electron chi connectivity index (χ4n) is 3.26. The molecule has 29 heavy (non-hydrogen) atoms. The molecule has 0 unspecified atom stereocenters. The standard InChI is InChI=1S/C22H27N3O4/c1-3-29-19-9-7-18(8-10-19)25-14-13-24(22(25)27)16-21(26)23-12-11-17-5-4-6-20(15-17)28-2/h4-10,15H,3,11-14,16H2,1-2H3,(H,23,26). The van der Waals surface area contributed by atoms with E-state index >= 15 is 0 Å². The van der Waals surface area contributed by atoms with E-state index in [2.05, 4.69) is 5.32 Å². The summed E-state index contributed by atoms with van der Waals surface area (Å²) in [5, 5.41) is 2.88. The van der Waals surface area contributed by atoms with Gasteiger partial charge in [0.1, 0.15) is 18.0 Å². The van der Waals surface area contributed by atoms with Crippen molar-refractivity contribution in [3.8, 4) is 11.5 Å². The predicted molar refractivity (Wildman–Crippen MR) is 112 cm³/mol. The van der Waals surface area contributed by atoms with Crippen LogP contribution in [0.4, 0.5) is 10.5 Å². The van der Waals surface area contributed by atoms with Gasteiger partial charge >= 0.3 is 6.03 Å². The SMILES string of the molecule is CCOc1ccc(N2CCN(CC(=O)NCCc3cccc(OC)c3)C2=O)cc1. The van der Waals surface area contributed by atoms with Gasteiger partial charge in [-0.15, -0.1) is 0 Å². The van der Waals surface area contributed by atoms with Crippen molar-refractivity contribution in [3.63, 3.8) is 0 Å². The smallest absolute Gasteiger partial charge is 0.325 e. The van der Waals surface area contributed by atoms with Crippen LogP contribution in [-0.4, -0.2) is 56.7 Å². The molecule has 1 heterocycles. The van der Waals surface area contributed by atoms with Gasteiger partial charge in [0.05, 0.1) is 13.7 Å². The normalized spacial score (nSPS) is 13.5. The molecule has 0 saturated carbocycles. The van der Waals surface area contributed by atoms with Crippen molar-refractivity contribution >= 4 is 17.6 Å². The lowest BCUT2D eigenvalue weighted by Crippen LogP contribution is -2.40. The molecular formula is C22H27N3O4. The second-order valence-electron chi connectivity index (χ2n) is 6.73. The number of hydrogen-bond donors (Lipinski definition) is 1. The largest absolute Gasteiger partial charge is 0.497 e. The summed E-state index contributed by atoms with van der Waals surface area (Å²) >= 11 is 0. The minimum absolute atomic E-state index is 0.0600. The van der Waals surface area contributed by atoms with Crippen molar-refractivity contribution in [2.45, 2.75) is 13.3 Å². The van der Waals surface area contributed by atoms with Crippen LogP contribution in [0.2, 0.25) is 0 Å². The lowest BCUT2D eigenvalue weighted by Gasteiger charge is -2.18. The second kappa shape index (κ2) is 9.82. The Morgan fingerprint density at radius 3 is 2.62 bits per heavy atom. The zero-order valence-electron chi connectivity index (χ0n) is 16.9. The van der Waals surface area contributed by atoms with Crippen molar-refractivity contribution < 1.29 is 19.1 Å². The van der Waals surface area contributed by atoms with Crippen LogP contribution in [0.5, 0.6) is 11.5 Å². The number of nitrogens with zero attached hydrogens (tertiary/aromatic N) is 2. The summed E-state index contributed by atoms with van der Waals surface area (Å²) in [5.41, 5.74) is 1.89. The number of urea groups is 1. The van der Waals surface area contributed by atoms with Crippen molar-refractivity contribution in [1.29, 1.82) is 0 Å². The van der Waals surface area contributed by atoms with E-state index in [-0.39, 0.29) is 18.5 Å². The summed E-state index contributed by atoms with van der Waals surface area (Å²) in [4.78, 5) is 28.1. The van der Waals surface area contributed by atoms with E-state index in [1.165, 1.54) is 0 Å². The first kappa shape index (κ1) is 20.5. The number of hydrogen-bond acceptors (Lipinski definition) is 4. The summed E-state index contributed by atoms with van der Waals surface area (Å²) in [7, 11) is 1.63. The van der Waals surface area contributed by atoms with Crippen LogP contribution >= 0.6 is 0 Å². The Morgan fingerprint density at radius 1 is 1.10 bits per heavy atom. The number of ether oxygens (including phenoxy) is 2. The van der Waals surface area contributed by atoms with Gasteiger partial charge < -0.3 is 19.7 Å². The highest BCUT2D eigenvalue weighted by atomic mass is 16.5. The fourth-order valence-corrected chi connectivity index (χ4v) is 3.26. The van der Waals surface area contributed by atoms with E-state index in [1.807, 2.05) is 55.5 Å². The molecule has 0 atom stereocenters. The molecule has 2 aromatic rings. The molecule has 0 bridgehead atoms. The van der Waals surface area contributed by atoms with Gasteiger partial charge in [0.2, 0.25) is 5.91 Å². The first-order chi connectivity index (χ1) is 14.1. The van der Waals surface area contributed by atoms with Gasteiger partial charge in [-0.1, -0.05) is 12.1 Å². The van der Waals surface area contributed by atoms with Gasteiger partial charge in [0.25, 0.3) is 0 Å². The molecule has 1 aliphatic heterocycles. The summed E-state index contributed by atoms with van der Waals surface area (Å²) < 4.78 is 10.6. The average molecular weight is 397 g/mol. The molecule has 1 saturated heterocycles. The summed E-state index contributed by atoms with van der Waals surface area (Å²) in [5.74, 6) is 1.41. The zero-order chi connectivity index (χ0) is 20.6. The van der Waals surface area contributed by atoms with E-state index in [1.54, 1.807) is 16.9 Å². The third-order valence-corrected chi connectivity index (χ3v) is 4.76. The minimum Gasteiger partial charge on any atom is -0.497 e. The molecule has 2 aromatic carbocycles. The lowest BCUT2D eigenvalue weighted by atomic mass is 10.1. The van der Waals surface area contributed by atoms with Crippen LogP contribution < -0.4 is 19.7 Å². The van der Waals surface area contributed by atoms with Crippen molar-refractivity contribution in [2.75, 3.05) is 44.8 Å². The van der Waals surface area contributed by atoms with Gasteiger partial charge in [0, 0.05) is 25.3 Å². The van der Waals surface area contributed by atoms with E-state index in [0.29, 0.717) is 32.7 Å². The van der Waals surface area contributed by atoms with Crippen LogP contribution in [0, 0.1) is 0 Å². The number of rotatable bonds is 9. The molecule has 3 amide bonds. The Labute approximate surface area is 171 Å². The third-order valence-electron chi connectivity index (χ3n) is 4.76. The number of methoxy groups -OCH3 is 1. The van der Waals surface area contributed by atoms with Gasteiger partial charge in [-0.3, -0.25) is 9.69 Å². The number of carbonyl (C=O) groups is 2. The van der Waals surface area contributed by atoms with Gasteiger partial charge in [-0.2, -0.15) is 0 Å². The molecule has 7 nitrogen and oxygen atoms in total. The topological polar surface area (TPSA) is 71.1 Å². The maximum atomic E-state index is 12.6. The van der Waals surface area contributed by atoms with Crippen molar-refractivity contribution in [2.24, 2.45) is 0 Å². The summed E-state index contributed by atoms with van der Waals surface area (Å²) in [6.45, 7) is 4.18. The molecule has 0 aliphatic carbocycles. The molecule has 0 radical (unpaired) electrons. The second-order valence-corrected chi connectivity index (χ2v) is 6.73. The highest BCUT2D eigenvalue weighted by Gasteiger charge is 2.30. The molecule has 7 heteroatoms. The van der Waals surface area contributed by atoms with Crippen LogP contribution in [0.3, 0.4) is 0 Å². The quantitative estimate of drug-likeness (QED) is 0.706. The Balaban J connectivity index is 1.46. The molecule has 3 rings (SSSR count). The highest BCUT2D eigenvalue weighted by molar-refractivity contribution is 5.96. The van der Waals surface area contributed by atoms with Crippen LogP contribution in [-0.2, 0) is 11.2 Å². The summed E-state index contributed by atoms with van der Waals surface area (Å²) in [6.07, 6.45) is 0.704. The minimum atomic E-state index is -0.158. The molecule has 1 fully saturated rings. The zero-order valence-corrected chi connectivity index (χ0v) is 16.9. The van der Waals surface area contributed by atoms with E-state index in [0.717, 1.165) is 22.7 Å². The van der Waals surface area contributed by atoms with Gasteiger partial charge in [-0.25, -0.2) is 4.79 Å². The van der Waals surface area contributed by atoms with Crippen molar-refractivity contribution in [3.05, 3.63) is 54.1 Å². The number of amides is 3. The Morgan fingerprint density at radius 2 is 1.90 bits per heavy atom. The number of benzene rings is 2. The maximum Gasteiger partial charge on any atom is 0.325 e. The van der Waals surface area contributed by atoms with Crippen LogP contribution in [0.15, 0.2) is 48.5 Å². The van der Waals surface area contributed by atoms with E-state index in [9.17, 15) is 9.59 Å². The summed E-state index contributed by atoms with van der Waals surface area (Å²) in [6, 6.07) is 15.0. The average Bonchev–Trinajstić information content (AvgIpc) is 3.09. The van der Waals surface area contributed by atoms with Gasteiger partial charge in [-0.05, 0) is 55.3 Å². The van der Waals surface area contributed by atoms with Crippen LogP contribution in [0.25, 0.3) is 0 Å². The highest BCUT2D eigenvalue weighted by Crippen LogP contribution is 2.23. The molecule has 154 valence electrons. The monoisotopic (exact) mass is 397 g/mol. The molecule has 1 aliphatic rings. The first-order valence-corrected chi connectivity index (χ1v) is 9.79. The number of carbonyl (C=O) groups excluding carboxylic acids is 2. The Bertz CT molecular complexity index is 838. The first-order valence-electron chi connectivity index (χ1n) is 9.79. The molecule has 0 aromatic heterocycles. The van der Waals surface area contributed by atoms with Crippen LogP contribution in [0.1, 0.15) is 12.5 Å². The van der Waals surface area contributed by atoms with E-state index < -0.39 is 0 Å². The lowest BCUT2D eigenvalue weighted by molar-refractivity contribution is -0.121. The number of nitrogens with one attached hydrogen (secondary N) is 1.